The Balaban J connectivity index is 1.96. The number of methoxy groups -OCH3 is 1. The van der Waals surface area contributed by atoms with Gasteiger partial charge < -0.3 is 20.5 Å². The smallest absolute Gasteiger partial charge is 0.340 e. The third-order valence-corrected chi connectivity index (χ3v) is 3.65. The maximum absolute atomic E-state index is 11.7. The maximum atomic E-state index is 11.7. The van der Waals surface area contributed by atoms with E-state index >= 15 is 0 Å². The number of carbonyl (C=O) groups is 1. The van der Waals surface area contributed by atoms with E-state index in [1.165, 1.54) is 7.11 Å². The van der Waals surface area contributed by atoms with Crippen molar-refractivity contribution in [2.24, 2.45) is 0 Å². The highest BCUT2D eigenvalue weighted by Gasteiger charge is 2.14. The van der Waals surface area contributed by atoms with Gasteiger partial charge in [-0.2, -0.15) is 0 Å². The first-order valence-corrected chi connectivity index (χ1v) is 7.14. The van der Waals surface area contributed by atoms with E-state index in [2.05, 4.69) is 10.2 Å². The first-order chi connectivity index (χ1) is 10.1. The van der Waals surface area contributed by atoms with E-state index in [4.69, 9.17) is 15.2 Å². The summed E-state index contributed by atoms with van der Waals surface area (Å²) in [6, 6.07) is 3.69. The van der Waals surface area contributed by atoms with Crippen LogP contribution in [0.1, 0.15) is 15.9 Å². The lowest BCUT2D eigenvalue weighted by Gasteiger charge is -2.26. The molecular weight excluding hydrogens is 270 g/mol. The van der Waals surface area contributed by atoms with Crippen molar-refractivity contribution in [3.8, 4) is 0 Å². The number of nitrogen functional groups attached to an aromatic ring is 1. The van der Waals surface area contributed by atoms with Crippen molar-refractivity contribution in [2.45, 2.75) is 6.92 Å². The highest BCUT2D eigenvalue weighted by atomic mass is 16.5. The molecule has 0 unspecified atom stereocenters. The SMILES string of the molecule is COC(=O)c1cc(NCCN2CCOCC2)cc(C)c1N. The Bertz CT molecular complexity index is 499. The molecule has 3 N–H and O–H groups in total. The predicted octanol–water partition coefficient (Wildman–Crippen LogP) is 1.11. The van der Waals surface area contributed by atoms with Gasteiger partial charge in [0.25, 0.3) is 0 Å². The molecule has 1 aliphatic heterocycles. The fourth-order valence-corrected chi connectivity index (χ4v) is 2.36. The third kappa shape index (κ3) is 4.09. The number of hydrogen-bond donors (Lipinski definition) is 2. The Kier molecular flexibility index (Phi) is 5.41. The Labute approximate surface area is 125 Å². The molecule has 1 saturated heterocycles. The minimum absolute atomic E-state index is 0.409. The van der Waals surface area contributed by atoms with Crippen LogP contribution in [0.15, 0.2) is 12.1 Å². The normalized spacial score (nSPS) is 15.7. The Morgan fingerprint density at radius 2 is 2.14 bits per heavy atom. The van der Waals surface area contributed by atoms with Crippen molar-refractivity contribution >= 4 is 17.3 Å². The van der Waals surface area contributed by atoms with Gasteiger partial charge in [-0.1, -0.05) is 0 Å². The van der Waals surface area contributed by atoms with Crippen LogP contribution >= 0.6 is 0 Å². The minimum Gasteiger partial charge on any atom is -0.465 e. The van der Waals surface area contributed by atoms with Crippen LogP contribution in [0.2, 0.25) is 0 Å². The summed E-state index contributed by atoms with van der Waals surface area (Å²) in [5.41, 5.74) is 8.56. The molecule has 1 aliphatic rings. The highest BCUT2D eigenvalue weighted by Crippen LogP contribution is 2.23. The van der Waals surface area contributed by atoms with Gasteiger partial charge in [0.1, 0.15) is 0 Å². The van der Waals surface area contributed by atoms with Gasteiger partial charge in [-0.15, -0.1) is 0 Å². The Morgan fingerprint density at radius 3 is 2.81 bits per heavy atom. The zero-order valence-electron chi connectivity index (χ0n) is 12.6. The fraction of sp³-hybridized carbons (Fsp3) is 0.533. The van der Waals surface area contributed by atoms with Gasteiger partial charge >= 0.3 is 5.97 Å². The van der Waals surface area contributed by atoms with E-state index in [1.54, 1.807) is 6.07 Å². The molecule has 1 aromatic rings. The van der Waals surface area contributed by atoms with Crippen LogP contribution in [-0.4, -0.2) is 57.4 Å². The van der Waals surface area contributed by atoms with Crippen LogP contribution in [0.5, 0.6) is 0 Å². The Morgan fingerprint density at radius 1 is 1.43 bits per heavy atom. The summed E-state index contributed by atoms with van der Waals surface area (Å²) in [6.07, 6.45) is 0. The average molecular weight is 293 g/mol. The molecule has 1 heterocycles. The minimum atomic E-state index is -0.410. The molecule has 1 aromatic carbocycles. The maximum Gasteiger partial charge on any atom is 0.340 e. The van der Waals surface area contributed by atoms with Crippen LogP contribution in [0, 0.1) is 6.92 Å². The summed E-state index contributed by atoms with van der Waals surface area (Å²) in [4.78, 5) is 14.1. The number of esters is 1. The van der Waals surface area contributed by atoms with Gasteiger partial charge in [0, 0.05) is 37.6 Å². The summed E-state index contributed by atoms with van der Waals surface area (Å²) in [5, 5.41) is 3.33. The summed E-state index contributed by atoms with van der Waals surface area (Å²) < 4.78 is 10.1. The lowest BCUT2D eigenvalue weighted by molar-refractivity contribution is 0.0398. The molecule has 2 rings (SSSR count). The second kappa shape index (κ2) is 7.28. The monoisotopic (exact) mass is 293 g/mol. The molecule has 0 aliphatic carbocycles. The number of morpholine rings is 1. The number of nitrogens with one attached hydrogen (secondary N) is 1. The van der Waals surface area contributed by atoms with E-state index < -0.39 is 5.97 Å². The van der Waals surface area contributed by atoms with Crippen LogP contribution in [0.25, 0.3) is 0 Å². The number of carbonyl (C=O) groups excluding carboxylic acids is 1. The van der Waals surface area contributed by atoms with Gasteiger partial charge in [0.2, 0.25) is 0 Å². The number of rotatable bonds is 5. The van der Waals surface area contributed by atoms with Crippen LogP contribution in [0.3, 0.4) is 0 Å². The van der Waals surface area contributed by atoms with Crippen molar-refractivity contribution in [1.82, 2.24) is 4.90 Å². The summed E-state index contributed by atoms with van der Waals surface area (Å²) in [5.74, 6) is -0.410. The molecule has 116 valence electrons. The van der Waals surface area contributed by atoms with Crippen LogP contribution in [0.4, 0.5) is 11.4 Å². The molecule has 0 bridgehead atoms. The molecule has 6 heteroatoms. The number of aryl methyl sites for hydroxylation is 1. The summed E-state index contributed by atoms with van der Waals surface area (Å²) >= 11 is 0. The van der Waals surface area contributed by atoms with E-state index in [9.17, 15) is 4.79 Å². The van der Waals surface area contributed by atoms with E-state index in [0.29, 0.717) is 11.3 Å². The average Bonchev–Trinajstić information content (AvgIpc) is 2.51. The predicted molar refractivity (Wildman–Crippen MR) is 82.7 cm³/mol. The van der Waals surface area contributed by atoms with Crippen molar-refractivity contribution in [3.05, 3.63) is 23.3 Å². The second-order valence-corrected chi connectivity index (χ2v) is 5.13. The van der Waals surface area contributed by atoms with E-state index in [-0.39, 0.29) is 0 Å². The van der Waals surface area contributed by atoms with Crippen LogP contribution < -0.4 is 11.1 Å². The van der Waals surface area contributed by atoms with Crippen molar-refractivity contribution in [1.29, 1.82) is 0 Å². The largest absolute Gasteiger partial charge is 0.465 e. The molecule has 1 fully saturated rings. The molecule has 0 atom stereocenters. The van der Waals surface area contributed by atoms with Crippen molar-refractivity contribution < 1.29 is 14.3 Å². The number of ether oxygens (including phenoxy) is 2. The number of benzene rings is 1. The zero-order valence-corrected chi connectivity index (χ0v) is 12.6. The summed E-state index contributed by atoms with van der Waals surface area (Å²) in [6.45, 7) is 7.17. The molecule has 0 spiro atoms. The lowest BCUT2D eigenvalue weighted by atomic mass is 10.1. The molecular formula is C15H23N3O3. The number of anilines is 2. The zero-order chi connectivity index (χ0) is 15.2. The molecule has 0 amide bonds. The first kappa shape index (κ1) is 15.6. The van der Waals surface area contributed by atoms with Gasteiger partial charge in [-0.05, 0) is 24.6 Å². The van der Waals surface area contributed by atoms with Crippen molar-refractivity contribution in [2.75, 3.05) is 57.6 Å². The third-order valence-electron chi connectivity index (χ3n) is 3.65. The summed E-state index contributed by atoms with van der Waals surface area (Å²) in [7, 11) is 1.36. The number of nitrogens with two attached hydrogens (primary N) is 1. The van der Waals surface area contributed by atoms with Gasteiger partial charge in [-0.3, -0.25) is 4.90 Å². The van der Waals surface area contributed by atoms with Gasteiger partial charge in [-0.25, -0.2) is 4.79 Å². The molecule has 0 saturated carbocycles. The molecule has 0 aromatic heterocycles. The highest BCUT2D eigenvalue weighted by molar-refractivity contribution is 5.97. The molecule has 6 nitrogen and oxygen atoms in total. The molecule has 0 radical (unpaired) electrons. The second-order valence-electron chi connectivity index (χ2n) is 5.13. The fourth-order valence-electron chi connectivity index (χ4n) is 2.36. The van der Waals surface area contributed by atoms with Crippen molar-refractivity contribution in [3.63, 3.8) is 0 Å². The first-order valence-electron chi connectivity index (χ1n) is 7.14. The topological polar surface area (TPSA) is 76.8 Å². The standard InChI is InChI=1S/C15H23N3O3/c1-11-9-12(10-13(14(11)16)15(19)20-2)17-3-4-18-5-7-21-8-6-18/h9-10,17H,3-8,16H2,1-2H3. The molecule has 21 heavy (non-hydrogen) atoms. The number of hydrogen-bond acceptors (Lipinski definition) is 6. The van der Waals surface area contributed by atoms with Gasteiger partial charge in [0.05, 0.1) is 25.9 Å². The Hall–Kier alpha value is -1.79. The van der Waals surface area contributed by atoms with E-state index in [0.717, 1.165) is 50.6 Å². The van der Waals surface area contributed by atoms with Crippen LogP contribution in [-0.2, 0) is 9.47 Å². The quantitative estimate of drug-likeness (QED) is 0.625. The lowest BCUT2D eigenvalue weighted by Crippen LogP contribution is -2.39. The van der Waals surface area contributed by atoms with Gasteiger partial charge in [0.15, 0.2) is 0 Å². The number of nitrogens with zero attached hydrogens (tertiary/aromatic N) is 1. The van der Waals surface area contributed by atoms with E-state index in [1.807, 2.05) is 13.0 Å².